The molecule has 0 aliphatic carbocycles. The van der Waals surface area contributed by atoms with Gasteiger partial charge in [-0.3, -0.25) is 4.79 Å². The summed E-state index contributed by atoms with van der Waals surface area (Å²) in [5.41, 5.74) is 5.30. The second-order valence-corrected chi connectivity index (χ2v) is 3.95. The van der Waals surface area contributed by atoms with Gasteiger partial charge in [0.1, 0.15) is 6.04 Å². The number of aliphatic hydroxyl groups is 1. The molecule has 0 fully saturated rings. The van der Waals surface area contributed by atoms with E-state index in [0.29, 0.717) is 5.75 Å². The first-order valence-electron chi connectivity index (χ1n) is 4.35. The first-order valence-corrected chi connectivity index (χ1v) is 5.51. The summed E-state index contributed by atoms with van der Waals surface area (Å²) in [7, 11) is 0. The number of hydrogen-bond acceptors (Lipinski definition) is 4. The van der Waals surface area contributed by atoms with Crippen LogP contribution in [-0.4, -0.2) is 40.3 Å². The average Bonchev–Trinajstić information content (AvgIpc) is 2.10. The van der Waals surface area contributed by atoms with Gasteiger partial charge in [0.15, 0.2) is 0 Å². The molecule has 0 aliphatic rings. The van der Waals surface area contributed by atoms with Crippen LogP contribution in [0.2, 0.25) is 0 Å². The van der Waals surface area contributed by atoms with Gasteiger partial charge in [-0.15, -0.1) is 0 Å². The van der Waals surface area contributed by atoms with E-state index in [4.69, 9.17) is 15.9 Å². The van der Waals surface area contributed by atoms with Crippen molar-refractivity contribution in [2.24, 2.45) is 5.73 Å². The van der Waals surface area contributed by atoms with Gasteiger partial charge in [0.05, 0.1) is 0 Å². The fourth-order valence-corrected chi connectivity index (χ4v) is 1.75. The maximum atomic E-state index is 10.3. The number of unbranched alkanes of at least 4 members (excludes halogenated alkanes) is 2. The zero-order valence-corrected chi connectivity index (χ0v) is 8.42. The highest BCUT2D eigenvalue weighted by Crippen LogP contribution is 2.07. The maximum Gasteiger partial charge on any atom is 0.321 e. The summed E-state index contributed by atoms with van der Waals surface area (Å²) in [6.45, 7) is 0.235. The molecule has 4 nitrogen and oxygen atoms in total. The number of hydrogen-bond donors (Lipinski definition) is 3. The first kappa shape index (κ1) is 12.7. The first-order chi connectivity index (χ1) is 6.18. The highest BCUT2D eigenvalue weighted by molar-refractivity contribution is 7.99. The number of carbonyl (C=O) groups is 1. The summed E-state index contributed by atoms with van der Waals surface area (Å²) in [5, 5.41) is 16.9. The van der Waals surface area contributed by atoms with Crippen LogP contribution in [0.5, 0.6) is 0 Å². The lowest BCUT2D eigenvalue weighted by Crippen LogP contribution is -2.32. The average molecular weight is 207 g/mol. The number of thioether (sulfide) groups is 1. The molecule has 1 atom stereocenters. The second-order valence-electron chi connectivity index (χ2n) is 2.80. The van der Waals surface area contributed by atoms with E-state index in [1.165, 1.54) is 0 Å². The van der Waals surface area contributed by atoms with E-state index in [-0.39, 0.29) is 6.61 Å². The second kappa shape index (κ2) is 8.34. The lowest BCUT2D eigenvalue weighted by Gasteiger charge is -2.05. The molecule has 0 bridgehead atoms. The van der Waals surface area contributed by atoms with Gasteiger partial charge in [-0.05, 0) is 18.6 Å². The van der Waals surface area contributed by atoms with Crippen molar-refractivity contribution in [3.05, 3.63) is 0 Å². The number of carboxylic acids is 1. The third-order valence-electron chi connectivity index (χ3n) is 1.56. The van der Waals surface area contributed by atoms with Crippen molar-refractivity contribution >= 4 is 17.7 Å². The standard InChI is InChI=1S/C8H17NO3S/c9-7(8(11)12)6-13-5-3-1-2-4-10/h7,10H,1-6,9H2,(H,11,12). The lowest BCUT2D eigenvalue weighted by molar-refractivity contribution is -0.137. The third-order valence-corrected chi connectivity index (χ3v) is 2.73. The normalized spacial score (nSPS) is 12.8. The van der Waals surface area contributed by atoms with Gasteiger partial charge in [0.25, 0.3) is 0 Å². The van der Waals surface area contributed by atoms with Gasteiger partial charge in [0, 0.05) is 12.4 Å². The monoisotopic (exact) mass is 207 g/mol. The molecule has 0 aromatic carbocycles. The Balaban J connectivity index is 3.11. The van der Waals surface area contributed by atoms with Crippen LogP contribution in [0.15, 0.2) is 0 Å². The van der Waals surface area contributed by atoms with Crippen molar-refractivity contribution in [3.63, 3.8) is 0 Å². The molecule has 0 aromatic heterocycles. The van der Waals surface area contributed by atoms with Crippen molar-refractivity contribution in [2.75, 3.05) is 18.1 Å². The zero-order valence-electron chi connectivity index (χ0n) is 7.61. The number of aliphatic hydroxyl groups excluding tert-OH is 1. The van der Waals surface area contributed by atoms with Crippen LogP contribution in [-0.2, 0) is 4.79 Å². The van der Waals surface area contributed by atoms with E-state index in [2.05, 4.69) is 0 Å². The van der Waals surface area contributed by atoms with Crippen molar-refractivity contribution in [2.45, 2.75) is 25.3 Å². The Kier molecular flexibility index (Phi) is 8.18. The molecule has 5 heteroatoms. The van der Waals surface area contributed by atoms with Gasteiger partial charge in [0.2, 0.25) is 0 Å². The Labute approximate surface area is 82.5 Å². The van der Waals surface area contributed by atoms with Gasteiger partial charge in [-0.2, -0.15) is 11.8 Å². The van der Waals surface area contributed by atoms with Gasteiger partial charge >= 0.3 is 5.97 Å². The molecule has 0 saturated heterocycles. The lowest BCUT2D eigenvalue weighted by atomic mass is 10.3. The van der Waals surface area contributed by atoms with Crippen LogP contribution in [0.4, 0.5) is 0 Å². The molecule has 0 spiro atoms. The molecule has 78 valence electrons. The van der Waals surface area contributed by atoms with E-state index < -0.39 is 12.0 Å². The molecule has 0 radical (unpaired) electrons. The largest absolute Gasteiger partial charge is 0.480 e. The molecule has 0 aliphatic heterocycles. The molecular formula is C8H17NO3S. The quantitative estimate of drug-likeness (QED) is 0.498. The van der Waals surface area contributed by atoms with Gasteiger partial charge < -0.3 is 15.9 Å². The van der Waals surface area contributed by atoms with E-state index in [1.807, 2.05) is 0 Å². The van der Waals surface area contributed by atoms with Gasteiger partial charge in [-0.25, -0.2) is 0 Å². The Hall–Kier alpha value is -0.260. The van der Waals surface area contributed by atoms with E-state index in [0.717, 1.165) is 25.0 Å². The Bertz CT molecular complexity index is 143. The topological polar surface area (TPSA) is 83.5 Å². The number of carboxylic acid groups (broad SMARTS) is 1. The molecule has 1 unspecified atom stereocenters. The molecule has 4 N–H and O–H groups in total. The Morgan fingerprint density at radius 3 is 2.62 bits per heavy atom. The fraction of sp³-hybridized carbons (Fsp3) is 0.875. The SMILES string of the molecule is NC(CSCCCCCO)C(=O)O. The van der Waals surface area contributed by atoms with Crippen LogP contribution in [0, 0.1) is 0 Å². The number of rotatable bonds is 8. The summed E-state index contributed by atoms with van der Waals surface area (Å²) in [6, 6.07) is -0.747. The molecule has 0 aromatic rings. The smallest absolute Gasteiger partial charge is 0.321 e. The van der Waals surface area contributed by atoms with Crippen molar-refractivity contribution in [1.82, 2.24) is 0 Å². The van der Waals surface area contributed by atoms with E-state index in [1.54, 1.807) is 11.8 Å². The minimum absolute atomic E-state index is 0.235. The van der Waals surface area contributed by atoms with Crippen LogP contribution < -0.4 is 5.73 Å². The zero-order chi connectivity index (χ0) is 10.1. The summed E-state index contributed by atoms with van der Waals surface area (Å²) in [5.74, 6) is 0.443. The molecule has 0 saturated carbocycles. The number of aliphatic carboxylic acids is 1. The molecule has 13 heavy (non-hydrogen) atoms. The minimum Gasteiger partial charge on any atom is -0.480 e. The van der Waals surface area contributed by atoms with Crippen LogP contribution in [0.25, 0.3) is 0 Å². The minimum atomic E-state index is -0.942. The summed E-state index contributed by atoms with van der Waals surface area (Å²) < 4.78 is 0. The van der Waals surface area contributed by atoms with Crippen LogP contribution >= 0.6 is 11.8 Å². The maximum absolute atomic E-state index is 10.3. The van der Waals surface area contributed by atoms with Crippen LogP contribution in [0.3, 0.4) is 0 Å². The molecule has 0 amide bonds. The summed E-state index contributed by atoms with van der Waals surface area (Å²) in [4.78, 5) is 10.3. The fourth-order valence-electron chi connectivity index (χ4n) is 0.774. The van der Waals surface area contributed by atoms with Crippen LogP contribution in [0.1, 0.15) is 19.3 Å². The van der Waals surface area contributed by atoms with E-state index >= 15 is 0 Å². The summed E-state index contributed by atoms with van der Waals surface area (Å²) >= 11 is 1.55. The predicted octanol–water partition coefficient (Wildman–Crippen LogP) is 0.294. The number of nitrogens with two attached hydrogens (primary N) is 1. The van der Waals surface area contributed by atoms with Crippen molar-refractivity contribution < 1.29 is 15.0 Å². The highest BCUT2D eigenvalue weighted by atomic mass is 32.2. The Morgan fingerprint density at radius 1 is 1.38 bits per heavy atom. The Morgan fingerprint density at radius 2 is 2.08 bits per heavy atom. The molecular weight excluding hydrogens is 190 g/mol. The highest BCUT2D eigenvalue weighted by Gasteiger charge is 2.09. The summed E-state index contributed by atoms with van der Waals surface area (Å²) in [6.07, 6.45) is 2.83. The third kappa shape index (κ3) is 8.08. The van der Waals surface area contributed by atoms with Crippen molar-refractivity contribution in [3.8, 4) is 0 Å². The predicted molar refractivity (Wildman–Crippen MR) is 53.9 cm³/mol. The molecule has 0 heterocycles. The van der Waals surface area contributed by atoms with E-state index in [9.17, 15) is 4.79 Å². The van der Waals surface area contributed by atoms with Gasteiger partial charge in [-0.1, -0.05) is 6.42 Å². The molecule has 0 rings (SSSR count). The van der Waals surface area contributed by atoms with Crippen molar-refractivity contribution in [1.29, 1.82) is 0 Å².